The van der Waals surface area contributed by atoms with Gasteiger partial charge in [-0.15, -0.1) is 11.3 Å². The molecule has 0 fully saturated rings. The number of benzene rings is 1. The van der Waals surface area contributed by atoms with E-state index in [0.29, 0.717) is 23.6 Å². The fourth-order valence-corrected chi connectivity index (χ4v) is 1.90. The number of hydrogen-bond acceptors (Lipinski definition) is 4. The number of thiophene rings is 1. The zero-order valence-corrected chi connectivity index (χ0v) is 9.33. The summed E-state index contributed by atoms with van der Waals surface area (Å²) in [5.41, 5.74) is 6.61. The Morgan fingerprint density at radius 1 is 1.38 bits per heavy atom. The molecular formula is C12H10N2OS. The van der Waals surface area contributed by atoms with E-state index < -0.39 is 0 Å². The molecular weight excluding hydrogens is 220 g/mol. The molecule has 16 heavy (non-hydrogen) atoms. The molecule has 2 N–H and O–H groups in total. The molecule has 0 bridgehead atoms. The SMILES string of the molecule is N#Cc1ccc(OCc2cccs2)cc1N. The minimum atomic E-state index is 0.450. The first-order valence-corrected chi connectivity index (χ1v) is 5.62. The van der Waals surface area contributed by atoms with E-state index in [9.17, 15) is 0 Å². The number of anilines is 1. The Balaban J connectivity index is 2.06. The molecule has 0 aliphatic heterocycles. The smallest absolute Gasteiger partial charge is 0.122 e. The van der Waals surface area contributed by atoms with Gasteiger partial charge in [0.15, 0.2) is 0 Å². The number of rotatable bonds is 3. The van der Waals surface area contributed by atoms with Crippen LogP contribution < -0.4 is 10.5 Å². The van der Waals surface area contributed by atoms with Gasteiger partial charge < -0.3 is 10.5 Å². The number of nitrogens with two attached hydrogens (primary N) is 1. The van der Waals surface area contributed by atoms with Gasteiger partial charge in [0.1, 0.15) is 18.4 Å². The molecule has 0 atom stereocenters. The van der Waals surface area contributed by atoms with Gasteiger partial charge >= 0.3 is 0 Å². The Morgan fingerprint density at radius 3 is 2.88 bits per heavy atom. The third-order valence-corrected chi connectivity index (χ3v) is 2.95. The molecule has 0 aliphatic carbocycles. The molecule has 3 nitrogen and oxygen atoms in total. The van der Waals surface area contributed by atoms with Gasteiger partial charge in [-0.3, -0.25) is 0 Å². The average Bonchev–Trinajstić information content (AvgIpc) is 2.79. The highest BCUT2D eigenvalue weighted by Crippen LogP contribution is 2.21. The monoisotopic (exact) mass is 230 g/mol. The summed E-state index contributed by atoms with van der Waals surface area (Å²) in [5, 5.41) is 10.7. The normalized spacial score (nSPS) is 9.69. The van der Waals surface area contributed by atoms with Gasteiger partial charge in [0.2, 0.25) is 0 Å². The molecule has 0 unspecified atom stereocenters. The van der Waals surface area contributed by atoms with Crippen molar-refractivity contribution in [3.05, 3.63) is 46.2 Å². The van der Waals surface area contributed by atoms with Crippen LogP contribution in [0.3, 0.4) is 0 Å². The van der Waals surface area contributed by atoms with E-state index >= 15 is 0 Å². The zero-order valence-electron chi connectivity index (χ0n) is 8.51. The van der Waals surface area contributed by atoms with Gasteiger partial charge in [0.25, 0.3) is 0 Å². The summed E-state index contributed by atoms with van der Waals surface area (Å²) in [5.74, 6) is 0.685. The van der Waals surface area contributed by atoms with E-state index in [2.05, 4.69) is 0 Å². The predicted octanol–water partition coefficient (Wildman–Crippen LogP) is 2.78. The molecule has 2 aromatic rings. The zero-order chi connectivity index (χ0) is 11.4. The lowest BCUT2D eigenvalue weighted by Gasteiger charge is -2.05. The van der Waals surface area contributed by atoms with E-state index in [1.54, 1.807) is 29.5 Å². The van der Waals surface area contributed by atoms with Gasteiger partial charge in [-0.2, -0.15) is 5.26 Å². The number of nitriles is 1. The summed E-state index contributed by atoms with van der Waals surface area (Å²) in [7, 11) is 0. The minimum Gasteiger partial charge on any atom is -0.488 e. The third-order valence-electron chi connectivity index (χ3n) is 2.10. The lowest BCUT2D eigenvalue weighted by atomic mass is 10.2. The van der Waals surface area contributed by atoms with Crippen LogP contribution >= 0.6 is 11.3 Å². The highest BCUT2D eigenvalue weighted by molar-refractivity contribution is 7.09. The van der Waals surface area contributed by atoms with Crippen molar-refractivity contribution in [2.24, 2.45) is 0 Å². The summed E-state index contributed by atoms with van der Waals surface area (Å²) >= 11 is 1.65. The van der Waals surface area contributed by atoms with Gasteiger partial charge in [0.05, 0.1) is 11.3 Å². The van der Waals surface area contributed by atoms with Crippen molar-refractivity contribution in [3.8, 4) is 11.8 Å². The third kappa shape index (κ3) is 2.33. The quantitative estimate of drug-likeness (QED) is 0.825. The topological polar surface area (TPSA) is 59.0 Å². The van der Waals surface area contributed by atoms with E-state index in [0.717, 1.165) is 4.88 Å². The molecule has 0 amide bonds. The van der Waals surface area contributed by atoms with Crippen molar-refractivity contribution in [1.29, 1.82) is 5.26 Å². The highest BCUT2D eigenvalue weighted by atomic mass is 32.1. The van der Waals surface area contributed by atoms with Crippen LogP contribution in [0.2, 0.25) is 0 Å². The van der Waals surface area contributed by atoms with Crippen molar-refractivity contribution in [2.75, 3.05) is 5.73 Å². The molecule has 0 radical (unpaired) electrons. The van der Waals surface area contributed by atoms with E-state index in [1.807, 2.05) is 23.6 Å². The maximum absolute atomic E-state index is 8.72. The first-order chi connectivity index (χ1) is 7.79. The molecule has 1 heterocycles. The fourth-order valence-electron chi connectivity index (χ4n) is 1.28. The van der Waals surface area contributed by atoms with Gasteiger partial charge in [-0.1, -0.05) is 6.07 Å². The highest BCUT2D eigenvalue weighted by Gasteiger charge is 2.01. The Labute approximate surface area is 97.7 Å². The van der Waals surface area contributed by atoms with Gasteiger partial charge in [0, 0.05) is 10.9 Å². The number of nitrogen functional groups attached to an aromatic ring is 1. The van der Waals surface area contributed by atoms with Gasteiger partial charge in [-0.25, -0.2) is 0 Å². The van der Waals surface area contributed by atoms with Crippen LogP contribution in [0.1, 0.15) is 10.4 Å². The van der Waals surface area contributed by atoms with Crippen molar-refractivity contribution in [1.82, 2.24) is 0 Å². The number of hydrogen-bond donors (Lipinski definition) is 1. The first kappa shape index (κ1) is 10.5. The van der Waals surface area contributed by atoms with E-state index in [1.165, 1.54) is 0 Å². The van der Waals surface area contributed by atoms with Crippen LogP contribution in [0.15, 0.2) is 35.7 Å². The number of ether oxygens (including phenoxy) is 1. The minimum absolute atomic E-state index is 0.450. The maximum Gasteiger partial charge on any atom is 0.122 e. The second-order valence-corrected chi connectivity index (χ2v) is 4.26. The van der Waals surface area contributed by atoms with Crippen LogP contribution in [-0.2, 0) is 6.61 Å². The molecule has 1 aromatic heterocycles. The van der Waals surface area contributed by atoms with Crippen molar-refractivity contribution in [3.63, 3.8) is 0 Å². The largest absolute Gasteiger partial charge is 0.488 e. The van der Waals surface area contributed by atoms with Crippen LogP contribution in [0, 0.1) is 11.3 Å². The lowest BCUT2D eigenvalue weighted by Crippen LogP contribution is -1.95. The molecule has 0 saturated carbocycles. The van der Waals surface area contributed by atoms with E-state index in [4.69, 9.17) is 15.7 Å². The lowest BCUT2D eigenvalue weighted by molar-refractivity contribution is 0.310. The molecule has 0 saturated heterocycles. The van der Waals surface area contributed by atoms with Crippen molar-refractivity contribution < 1.29 is 4.74 Å². The average molecular weight is 230 g/mol. The molecule has 1 aromatic carbocycles. The Bertz CT molecular complexity index is 514. The van der Waals surface area contributed by atoms with Gasteiger partial charge in [-0.05, 0) is 23.6 Å². The molecule has 80 valence electrons. The molecule has 2 rings (SSSR count). The Hall–Kier alpha value is -1.99. The molecule has 0 spiro atoms. The van der Waals surface area contributed by atoms with Crippen molar-refractivity contribution >= 4 is 17.0 Å². The van der Waals surface area contributed by atoms with Crippen molar-refractivity contribution in [2.45, 2.75) is 6.61 Å². The maximum atomic E-state index is 8.72. The van der Waals surface area contributed by atoms with Crippen LogP contribution in [-0.4, -0.2) is 0 Å². The van der Waals surface area contributed by atoms with Crippen LogP contribution in [0.5, 0.6) is 5.75 Å². The summed E-state index contributed by atoms with van der Waals surface area (Å²) in [4.78, 5) is 1.16. The summed E-state index contributed by atoms with van der Waals surface area (Å²) in [6.45, 7) is 0.531. The standard InChI is InChI=1S/C12H10N2OS/c13-7-9-3-4-10(6-12(9)14)15-8-11-2-1-5-16-11/h1-6H,8,14H2. The van der Waals surface area contributed by atoms with Crippen LogP contribution in [0.25, 0.3) is 0 Å². The second kappa shape index (κ2) is 4.69. The summed E-state index contributed by atoms with van der Waals surface area (Å²) in [6, 6.07) is 11.1. The molecule has 4 heteroatoms. The number of nitrogens with zero attached hydrogens (tertiary/aromatic N) is 1. The predicted molar refractivity (Wildman–Crippen MR) is 64.2 cm³/mol. The van der Waals surface area contributed by atoms with Crippen LogP contribution in [0.4, 0.5) is 5.69 Å². The Kier molecular flexibility index (Phi) is 3.08. The summed E-state index contributed by atoms with van der Waals surface area (Å²) in [6.07, 6.45) is 0. The summed E-state index contributed by atoms with van der Waals surface area (Å²) < 4.78 is 5.55. The fraction of sp³-hybridized carbons (Fsp3) is 0.0833. The van der Waals surface area contributed by atoms with E-state index in [-0.39, 0.29) is 0 Å². The second-order valence-electron chi connectivity index (χ2n) is 3.23. The molecule has 0 aliphatic rings. The Morgan fingerprint density at radius 2 is 2.25 bits per heavy atom. The first-order valence-electron chi connectivity index (χ1n) is 4.74.